The third-order valence-corrected chi connectivity index (χ3v) is 5.15. The van der Waals surface area contributed by atoms with Crippen molar-refractivity contribution in [2.24, 2.45) is 0 Å². The maximum absolute atomic E-state index is 12.7. The summed E-state index contributed by atoms with van der Waals surface area (Å²) in [5, 5.41) is 5.20. The standard InChI is InChI=1S/C23H23NO4S/c1-4-27-18-11-9-16(10-12-18)19-14-29-22(20(19)23(26)28-5-2)24-21(25)17-8-6-7-15(3)13-17/h6-14H,4-5H2,1-3H3,(H,24,25). The van der Waals surface area contributed by atoms with Gasteiger partial charge in [-0.1, -0.05) is 29.8 Å². The molecule has 1 heterocycles. The van der Waals surface area contributed by atoms with Gasteiger partial charge in [-0.15, -0.1) is 11.3 Å². The maximum Gasteiger partial charge on any atom is 0.341 e. The lowest BCUT2D eigenvalue weighted by molar-refractivity contribution is 0.0529. The van der Waals surface area contributed by atoms with Crippen molar-refractivity contribution >= 4 is 28.2 Å². The molecule has 0 fully saturated rings. The fraction of sp³-hybridized carbons (Fsp3) is 0.217. The molecule has 5 nitrogen and oxygen atoms in total. The van der Waals surface area contributed by atoms with Crippen molar-refractivity contribution in [3.05, 3.63) is 70.6 Å². The van der Waals surface area contributed by atoms with E-state index in [1.165, 1.54) is 11.3 Å². The summed E-state index contributed by atoms with van der Waals surface area (Å²) in [4.78, 5) is 25.4. The SMILES string of the molecule is CCOC(=O)c1c(-c2ccc(OCC)cc2)csc1NC(=O)c1cccc(C)c1. The Morgan fingerprint density at radius 2 is 1.79 bits per heavy atom. The second-order valence-electron chi connectivity index (χ2n) is 6.35. The first-order valence-corrected chi connectivity index (χ1v) is 10.3. The topological polar surface area (TPSA) is 64.6 Å². The van der Waals surface area contributed by atoms with Crippen molar-refractivity contribution in [1.82, 2.24) is 0 Å². The molecule has 1 aromatic heterocycles. The van der Waals surface area contributed by atoms with Crippen LogP contribution in [-0.4, -0.2) is 25.1 Å². The number of carbonyl (C=O) groups excluding carboxylic acids is 2. The van der Waals surface area contributed by atoms with Crippen LogP contribution in [0, 0.1) is 6.92 Å². The molecule has 0 unspecified atom stereocenters. The van der Waals surface area contributed by atoms with E-state index in [1.807, 2.05) is 55.6 Å². The minimum atomic E-state index is -0.461. The van der Waals surface area contributed by atoms with E-state index < -0.39 is 5.97 Å². The zero-order chi connectivity index (χ0) is 20.8. The molecule has 6 heteroatoms. The number of nitrogens with one attached hydrogen (secondary N) is 1. The van der Waals surface area contributed by atoms with Crippen LogP contribution in [0.4, 0.5) is 5.00 Å². The molecule has 0 aliphatic heterocycles. The fourth-order valence-corrected chi connectivity index (χ4v) is 3.88. The first-order valence-electron chi connectivity index (χ1n) is 9.43. The molecule has 3 aromatic rings. The highest BCUT2D eigenvalue weighted by atomic mass is 32.1. The predicted molar refractivity (Wildman–Crippen MR) is 116 cm³/mol. The molecule has 3 rings (SSSR count). The van der Waals surface area contributed by atoms with Crippen LogP contribution in [0.15, 0.2) is 53.9 Å². The van der Waals surface area contributed by atoms with Gasteiger partial charge in [0.15, 0.2) is 0 Å². The fourth-order valence-electron chi connectivity index (χ4n) is 2.93. The van der Waals surface area contributed by atoms with Gasteiger partial charge in [0.2, 0.25) is 0 Å². The number of anilines is 1. The van der Waals surface area contributed by atoms with Gasteiger partial charge in [0.1, 0.15) is 16.3 Å². The van der Waals surface area contributed by atoms with Crippen molar-refractivity contribution in [1.29, 1.82) is 0 Å². The van der Waals surface area contributed by atoms with E-state index in [2.05, 4.69) is 5.32 Å². The van der Waals surface area contributed by atoms with Crippen LogP contribution < -0.4 is 10.1 Å². The molecule has 150 valence electrons. The number of ether oxygens (including phenoxy) is 2. The van der Waals surface area contributed by atoms with Crippen LogP contribution in [0.1, 0.15) is 40.1 Å². The van der Waals surface area contributed by atoms with E-state index in [1.54, 1.807) is 19.1 Å². The third-order valence-electron chi connectivity index (χ3n) is 4.25. The second-order valence-corrected chi connectivity index (χ2v) is 7.23. The molecule has 0 bridgehead atoms. The number of thiophene rings is 1. The van der Waals surface area contributed by atoms with E-state index in [-0.39, 0.29) is 12.5 Å². The average molecular weight is 410 g/mol. The minimum Gasteiger partial charge on any atom is -0.494 e. The molecular formula is C23H23NO4S. The van der Waals surface area contributed by atoms with Crippen LogP contribution in [0.2, 0.25) is 0 Å². The van der Waals surface area contributed by atoms with E-state index in [9.17, 15) is 9.59 Å². The molecule has 0 spiro atoms. The van der Waals surface area contributed by atoms with Crippen LogP contribution >= 0.6 is 11.3 Å². The van der Waals surface area contributed by atoms with Gasteiger partial charge in [-0.25, -0.2) is 4.79 Å². The quantitative estimate of drug-likeness (QED) is 0.520. The number of aryl methyl sites for hydroxylation is 1. The first-order chi connectivity index (χ1) is 14.0. The molecule has 2 aromatic carbocycles. The summed E-state index contributed by atoms with van der Waals surface area (Å²) >= 11 is 1.30. The minimum absolute atomic E-state index is 0.253. The van der Waals surface area contributed by atoms with Gasteiger partial charge in [-0.3, -0.25) is 4.79 Å². The highest BCUT2D eigenvalue weighted by Crippen LogP contribution is 2.37. The van der Waals surface area contributed by atoms with E-state index >= 15 is 0 Å². The van der Waals surface area contributed by atoms with Crippen molar-refractivity contribution in [2.75, 3.05) is 18.5 Å². The Morgan fingerprint density at radius 3 is 2.45 bits per heavy atom. The summed E-state index contributed by atoms with van der Waals surface area (Å²) in [5.41, 5.74) is 3.46. The molecular weight excluding hydrogens is 386 g/mol. The molecule has 0 aliphatic carbocycles. The summed E-state index contributed by atoms with van der Waals surface area (Å²) in [6.07, 6.45) is 0. The zero-order valence-corrected chi connectivity index (χ0v) is 17.5. The lowest BCUT2D eigenvalue weighted by atomic mass is 10.0. The molecule has 0 saturated heterocycles. The monoisotopic (exact) mass is 409 g/mol. The van der Waals surface area contributed by atoms with Crippen LogP contribution in [0.25, 0.3) is 11.1 Å². The summed E-state index contributed by atoms with van der Waals surface area (Å²) in [7, 11) is 0. The number of rotatable bonds is 7. The number of hydrogen-bond donors (Lipinski definition) is 1. The van der Waals surface area contributed by atoms with Crippen molar-refractivity contribution in [3.63, 3.8) is 0 Å². The Bertz CT molecular complexity index is 1010. The largest absolute Gasteiger partial charge is 0.494 e. The van der Waals surface area contributed by atoms with Gasteiger partial charge in [-0.05, 0) is 50.6 Å². The molecule has 0 saturated carbocycles. The van der Waals surface area contributed by atoms with Gasteiger partial charge in [0, 0.05) is 16.5 Å². The van der Waals surface area contributed by atoms with Gasteiger partial charge >= 0.3 is 5.97 Å². The van der Waals surface area contributed by atoms with E-state index in [0.717, 1.165) is 22.4 Å². The van der Waals surface area contributed by atoms with E-state index in [0.29, 0.717) is 22.7 Å². The zero-order valence-electron chi connectivity index (χ0n) is 16.7. The molecule has 1 amide bonds. The number of benzene rings is 2. The number of hydrogen-bond acceptors (Lipinski definition) is 5. The number of carbonyl (C=O) groups is 2. The lowest BCUT2D eigenvalue weighted by Crippen LogP contribution is -2.15. The smallest absolute Gasteiger partial charge is 0.341 e. The van der Waals surface area contributed by atoms with E-state index in [4.69, 9.17) is 9.47 Å². The van der Waals surface area contributed by atoms with Gasteiger partial charge in [-0.2, -0.15) is 0 Å². The van der Waals surface area contributed by atoms with Gasteiger partial charge in [0.25, 0.3) is 5.91 Å². The van der Waals surface area contributed by atoms with Crippen molar-refractivity contribution in [2.45, 2.75) is 20.8 Å². The molecule has 1 N–H and O–H groups in total. The number of esters is 1. The van der Waals surface area contributed by atoms with Crippen molar-refractivity contribution < 1.29 is 19.1 Å². The Kier molecular flexibility index (Phi) is 6.67. The highest BCUT2D eigenvalue weighted by Gasteiger charge is 2.23. The maximum atomic E-state index is 12.7. The summed E-state index contributed by atoms with van der Waals surface area (Å²) in [6.45, 7) is 6.44. The average Bonchev–Trinajstić information content (AvgIpc) is 3.12. The Balaban J connectivity index is 1.95. The summed E-state index contributed by atoms with van der Waals surface area (Å²) < 4.78 is 10.7. The van der Waals surface area contributed by atoms with Gasteiger partial charge in [0.05, 0.1) is 13.2 Å². The first kappa shape index (κ1) is 20.6. The molecule has 29 heavy (non-hydrogen) atoms. The Morgan fingerprint density at radius 1 is 1.03 bits per heavy atom. The Labute approximate surface area is 174 Å². The second kappa shape index (κ2) is 9.39. The van der Waals surface area contributed by atoms with Crippen LogP contribution in [0.5, 0.6) is 5.75 Å². The molecule has 0 aliphatic rings. The summed E-state index contributed by atoms with van der Waals surface area (Å²) in [6, 6.07) is 14.8. The van der Waals surface area contributed by atoms with Gasteiger partial charge < -0.3 is 14.8 Å². The third kappa shape index (κ3) is 4.84. The number of amides is 1. The Hall–Kier alpha value is -3.12. The van der Waals surface area contributed by atoms with Crippen LogP contribution in [-0.2, 0) is 4.74 Å². The summed E-state index contributed by atoms with van der Waals surface area (Å²) in [5.74, 6) is 0.0358. The van der Waals surface area contributed by atoms with Crippen molar-refractivity contribution in [3.8, 4) is 16.9 Å². The highest BCUT2D eigenvalue weighted by molar-refractivity contribution is 7.15. The lowest BCUT2D eigenvalue weighted by Gasteiger charge is -2.10. The molecule has 0 radical (unpaired) electrons. The molecule has 0 atom stereocenters. The predicted octanol–water partition coefficient (Wildman–Crippen LogP) is 5.55. The van der Waals surface area contributed by atoms with Crippen LogP contribution in [0.3, 0.4) is 0 Å². The normalized spacial score (nSPS) is 10.4.